The molecule has 3 N–H and O–H groups in total. The average molecular weight is 282 g/mol. The van der Waals surface area contributed by atoms with Crippen LogP contribution in [0.25, 0.3) is 0 Å². The maximum Gasteiger partial charge on any atom is 0.254 e. The maximum absolute atomic E-state index is 12.3. The highest BCUT2D eigenvalue weighted by Gasteiger charge is 2.51. The number of anilines is 1. The lowest BCUT2D eigenvalue weighted by molar-refractivity contribution is -0.137. The Kier molecular flexibility index (Phi) is 3.62. The van der Waals surface area contributed by atoms with Crippen LogP contribution in [0.2, 0.25) is 0 Å². The topological polar surface area (TPSA) is 64.4 Å². The summed E-state index contributed by atoms with van der Waals surface area (Å²) >= 11 is 0. The third-order valence-electron chi connectivity index (χ3n) is 3.89. The summed E-state index contributed by atoms with van der Waals surface area (Å²) in [5, 5.41) is 0. The zero-order valence-corrected chi connectivity index (χ0v) is 11.7. The van der Waals surface area contributed by atoms with Gasteiger partial charge in [0, 0.05) is 5.69 Å². The summed E-state index contributed by atoms with van der Waals surface area (Å²) < 4.78 is 0. The van der Waals surface area contributed by atoms with E-state index in [9.17, 15) is 4.79 Å². The Labute approximate surface area is 123 Å². The molecule has 0 spiro atoms. The van der Waals surface area contributed by atoms with Crippen molar-refractivity contribution in [3.63, 3.8) is 0 Å². The van der Waals surface area contributed by atoms with Crippen molar-refractivity contribution in [2.75, 3.05) is 5.73 Å². The molecule has 0 unspecified atom stereocenters. The van der Waals surface area contributed by atoms with Gasteiger partial charge in [-0.1, -0.05) is 42.5 Å². The minimum atomic E-state index is -0.440. The Morgan fingerprint density at radius 3 is 2.38 bits per heavy atom. The highest BCUT2D eigenvalue weighted by Crippen LogP contribution is 2.48. The molecule has 1 amide bonds. The Morgan fingerprint density at radius 2 is 1.76 bits per heavy atom. The normalized spacial score (nSPS) is 15.4. The quantitative estimate of drug-likeness (QED) is 0.654. The Bertz CT molecular complexity index is 619. The first-order chi connectivity index (χ1) is 10.2. The molecule has 2 aromatic carbocycles. The van der Waals surface area contributed by atoms with Crippen molar-refractivity contribution in [3.8, 4) is 0 Å². The number of hydrogen-bond acceptors (Lipinski definition) is 3. The molecular formula is C17H18N2O2. The molecule has 0 aromatic heterocycles. The highest BCUT2D eigenvalue weighted by atomic mass is 16.6. The van der Waals surface area contributed by atoms with Gasteiger partial charge in [-0.25, -0.2) is 5.48 Å². The molecule has 0 bridgehead atoms. The lowest BCUT2D eigenvalue weighted by Crippen LogP contribution is -2.34. The molecule has 2 aromatic rings. The van der Waals surface area contributed by atoms with Gasteiger partial charge in [-0.05, 0) is 36.1 Å². The molecule has 1 saturated carbocycles. The van der Waals surface area contributed by atoms with Crippen LogP contribution < -0.4 is 11.2 Å². The van der Waals surface area contributed by atoms with E-state index in [0.29, 0.717) is 12.3 Å². The summed E-state index contributed by atoms with van der Waals surface area (Å²) in [5.41, 5.74) is 10.5. The first kappa shape index (κ1) is 13.6. The molecule has 1 fully saturated rings. The van der Waals surface area contributed by atoms with Crippen LogP contribution in [0.3, 0.4) is 0 Å². The van der Waals surface area contributed by atoms with E-state index < -0.39 is 5.41 Å². The zero-order chi connectivity index (χ0) is 14.7. The number of nitrogen functional groups attached to an aromatic ring is 1. The number of amides is 1. The lowest BCUT2D eigenvalue weighted by atomic mass is 9.95. The van der Waals surface area contributed by atoms with Crippen LogP contribution in [0.4, 0.5) is 5.69 Å². The molecule has 0 atom stereocenters. The van der Waals surface area contributed by atoms with E-state index in [4.69, 9.17) is 10.6 Å². The maximum atomic E-state index is 12.3. The van der Waals surface area contributed by atoms with Crippen molar-refractivity contribution in [2.45, 2.75) is 24.9 Å². The van der Waals surface area contributed by atoms with Crippen molar-refractivity contribution in [1.82, 2.24) is 5.48 Å². The second kappa shape index (κ2) is 5.58. The van der Waals surface area contributed by atoms with Crippen LogP contribution >= 0.6 is 0 Å². The van der Waals surface area contributed by atoms with Gasteiger partial charge in [-0.3, -0.25) is 9.63 Å². The van der Waals surface area contributed by atoms with Crippen LogP contribution in [-0.2, 0) is 21.7 Å². The summed E-state index contributed by atoms with van der Waals surface area (Å²) in [4.78, 5) is 17.7. The molecule has 108 valence electrons. The summed E-state index contributed by atoms with van der Waals surface area (Å²) in [7, 11) is 0. The van der Waals surface area contributed by atoms with Gasteiger partial charge in [0.25, 0.3) is 5.91 Å². The molecule has 1 aliphatic carbocycles. The zero-order valence-electron chi connectivity index (χ0n) is 11.7. The molecule has 4 heteroatoms. The van der Waals surface area contributed by atoms with E-state index >= 15 is 0 Å². The predicted molar refractivity (Wildman–Crippen MR) is 81.1 cm³/mol. The monoisotopic (exact) mass is 282 g/mol. The first-order valence-corrected chi connectivity index (χ1v) is 7.03. The Morgan fingerprint density at radius 1 is 1.10 bits per heavy atom. The summed E-state index contributed by atoms with van der Waals surface area (Å²) in [6.07, 6.45) is 1.69. The van der Waals surface area contributed by atoms with E-state index in [2.05, 4.69) is 5.48 Å². The fourth-order valence-corrected chi connectivity index (χ4v) is 2.43. The van der Waals surface area contributed by atoms with Crippen LogP contribution in [0.5, 0.6) is 0 Å². The Hall–Kier alpha value is -2.33. The molecular weight excluding hydrogens is 264 g/mol. The molecule has 21 heavy (non-hydrogen) atoms. The standard InChI is InChI=1S/C17H18N2O2/c18-15-8-6-14(7-9-15)17(10-11-17)16(20)19-21-12-13-4-2-1-3-5-13/h1-9H,10-12,18H2,(H,19,20). The summed E-state index contributed by atoms with van der Waals surface area (Å²) in [6, 6.07) is 17.2. The largest absolute Gasteiger partial charge is 0.399 e. The molecule has 3 rings (SSSR count). The molecule has 0 saturated heterocycles. The van der Waals surface area contributed by atoms with E-state index in [1.807, 2.05) is 54.6 Å². The van der Waals surface area contributed by atoms with Gasteiger partial charge in [0.1, 0.15) is 0 Å². The number of benzene rings is 2. The van der Waals surface area contributed by atoms with Gasteiger partial charge >= 0.3 is 0 Å². The van der Waals surface area contributed by atoms with Gasteiger partial charge in [0.05, 0.1) is 12.0 Å². The van der Waals surface area contributed by atoms with Crippen molar-refractivity contribution in [2.24, 2.45) is 0 Å². The molecule has 0 radical (unpaired) electrons. The van der Waals surface area contributed by atoms with Crippen molar-refractivity contribution in [3.05, 3.63) is 65.7 Å². The van der Waals surface area contributed by atoms with Gasteiger partial charge in [-0.2, -0.15) is 0 Å². The van der Waals surface area contributed by atoms with E-state index in [0.717, 1.165) is 24.0 Å². The number of hydrogen-bond donors (Lipinski definition) is 2. The fourth-order valence-electron chi connectivity index (χ4n) is 2.43. The summed E-state index contributed by atoms with van der Waals surface area (Å²) in [6.45, 7) is 0.365. The third-order valence-corrected chi connectivity index (χ3v) is 3.89. The number of hydroxylamine groups is 1. The Balaban J connectivity index is 1.59. The van der Waals surface area contributed by atoms with Gasteiger partial charge in [-0.15, -0.1) is 0 Å². The van der Waals surface area contributed by atoms with E-state index in [-0.39, 0.29) is 5.91 Å². The average Bonchev–Trinajstić information content (AvgIpc) is 3.31. The molecule has 4 nitrogen and oxygen atoms in total. The van der Waals surface area contributed by atoms with Crippen LogP contribution in [0.15, 0.2) is 54.6 Å². The number of nitrogens with one attached hydrogen (secondary N) is 1. The van der Waals surface area contributed by atoms with E-state index in [1.165, 1.54) is 0 Å². The number of carbonyl (C=O) groups is 1. The highest BCUT2D eigenvalue weighted by molar-refractivity contribution is 5.90. The van der Waals surface area contributed by atoms with Crippen LogP contribution in [0, 0.1) is 0 Å². The first-order valence-electron chi connectivity index (χ1n) is 7.03. The van der Waals surface area contributed by atoms with Crippen LogP contribution in [0.1, 0.15) is 24.0 Å². The van der Waals surface area contributed by atoms with Gasteiger partial charge < -0.3 is 5.73 Å². The van der Waals surface area contributed by atoms with Crippen molar-refractivity contribution in [1.29, 1.82) is 0 Å². The number of carbonyl (C=O) groups excluding carboxylic acids is 1. The minimum absolute atomic E-state index is 0.0804. The molecule has 1 aliphatic rings. The van der Waals surface area contributed by atoms with Crippen LogP contribution in [-0.4, -0.2) is 5.91 Å². The number of nitrogens with two attached hydrogens (primary N) is 1. The lowest BCUT2D eigenvalue weighted by Gasteiger charge is -2.15. The third kappa shape index (κ3) is 2.90. The second-order valence-corrected chi connectivity index (χ2v) is 5.41. The smallest absolute Gasteiger partial charge is 0.254 e. The minimum Gasteiger partial charge on any atom is -0.399 e. The van der Waals surface area contributed by atoms with Crippen molar-refractivity contribution < 1.29 is 9.63 Å². The second-order valence-electron chi connectivity index (χ2n) is 5.41. The predicted octanol–water partition coefficient (Wildman–Crippen LogP) is 2.55. The molecule has 0 aliphatic heterocycles. The van der Waals surface area contributed by atoms with Gasteiger partial charge in [0.15, 0.2) is 0 Å². The van der Waals surface area contributed by atoms with Gasteiger partial charge in [0.2, 0.25) is 0 Å². The van der Waals surface area contributed by atoms with E-state index in [1.54, 1.807) is 0 Å². The number of rotatable bonds is 5. The SMILES string of the molecule is Nc1ccc(C2(C(=O)NOCc3ccccc3)CC2)cc1. The molecule has 0 heterocycles. The fraction of sp³-hybridized carbons (Fsp3) is 0.235. The van der Waals surface area contributed by atoms with Crippen molar-refractivity contribution >= 4 is 11.6 Å². The summed E-state index contributed by atoms with van der Waals surface area (Å²) in [5.74, 6) is -0.0804.